The summed E-state index contributed by atoms with van der Waals surface area (Å²) in [6.45, 7) is 1.51. The van der Waals surface area contributed by atoms with E-state index in [2.05, 4.69) is 12.1 Å². The van der Waals surface area contributed by atoms with Crippen LogP contribution in [0.3, 0.4) is 0 Å². The van der Waals surface area contributed by atoms with E-state index in [0.717, 1.165) is 25.9 Å². The first-order valence-corrected chi connectivity index (χ1v) is 7.35. The van der Waals surface area contributed by atoms with Gasteiger partial charge in [-0.1, -0.05) is 43.2 Å². The van der Waals surface area contributed by atoms with Crippen LogP contribution in [0.15, 0.2) is 30.3 Å². The minimum Gasteiger partial charge on any atom is -0.340 e. The number of halogens is 1. The summed E-state index contributed by atoms with van der Waals surface area (Å²) in [5.74, 6) is 0.902. The molecule has 3 nitrogen and oxygen atoms in total. The predicted molar refractivity (Wildman–Crippen MR) is 82.9 cm³/mol. The fraction of sp³-hybridized carbons (Fsp3) is 0.562. The molecular formula is C16H23ClN2O. The maximum atomic E-state index is 12.4. The van der Waals surface area contributed by atoms with E-state index in [-0.39, 0.29) is 24.4 Å². The van der Waals surface area contributed by atoms with E-state index in [1.807, 2.05) is 23.1 Å². The molecule has 2 atom stereocenters. The zero-order valence-corrected chi connectivity index (χ0v) is 12.5. The van der Waals surface area contributed by atoms with Crippen molar-refractivity contribution in [3.8, 4) is 0 Å². The third-order valence-electron chi connectivity index (χ3n) is 4.61. The van der Waals surface area contributed by atoms with E-state index in [4.69, 9.17) is 5.73 Å². The smallest absolute Gasteiger partial charge is 0.225 e. The topological polar surface area (TPSA) is 46.3 Å². The lowest BCUT2D eigenvalue weighted by atomic mass is 9.95. The van der Waals surface area contributed by atoms with Gasteiger partial charge in [-0.2, -0.15) is 0 Å². The van der Waals surface area contributed by atoms with Gasteiger partial charge in [-0.05, 0) is 18.4 Å². The molecule has 110 valence electrons. The van der Waals surface area contributed by atoms with Gasteiger partial charge in [-0.15, -0.1) is 12.4 Å². The largest absolute Gasteiger partial charge is 0.340 e. The first kappa shape index (κ1) is 15.3. The van der Waals surface area contributed by atoms with Gasteiger partial charge in [-0.3, -0.25) is 4.79 Å². The van der Waals surface area contributed by atoms with E-state index in [1.165, 1.54) is 18.4 Å². The van der Waals surface area contributed by atoms with E-state index < -0.39 is 0 Å². The number of amides is 1. The number of carbonyl (C=O) groups is 1. The van der Waals surface area contributed by atoms with Crippen LogP contribution in [0.2, 0.25) is 0 Å². The Morgan fingerprint density at radius 2 is 1.75 bits per heavy atom. The number of nitrogens with two attached hydrogens (primary N) is 1. The Morgan fingerprint density at radius 1 is 1.10 bits per heavy atom. The Balaban J connectivity index is 0.00000147. The third-order valence-corrected chi connectivity index (χ3v) is 4.61. The van der Waals surface area contributed by atoms with Gasteiger partial charge in [-0.25, -0.2) is 0 Å². The summed E-state index contributed by atoms with van der Waals surface area (Å²) in [5, 5.41) is 0. The predicted octanol–water partition coefficient (Wildman–Crippen LogP) is 2.55. The van der Waals surface area contributed by atoms with Crippen LogP contribution < -0.4 is 5.73 Å². The van der Waals surface area contributed by atoms with E-state index in [0.29, 0.717) is 11.8 Å². The van der Waals surface area contributed by atoms with Crippen molar-refractivity contribution >= 4 is 18.3 Å². The van der Waals surface area contributed by atoms with Crippen LogP contribution in [0.1, 0.15) is 37.2 Å². The Labute approximate surface area is 126 Å². The second-order valence-corrected chi connectivity index (χ2v) is 5.91. The molecule has 1 saturated carbocycles. The second kappa shape index (κ2) is 6.59. The molecule has 0 aromatic heterocycles. The molecule has 2 N–H and O–H groups in total. The van der Waals surface area contributed by atoms with Crippen LogP contribution in [0.25, 0.3) is 0 Å². The second-order valence-electron chi connectivity index (χ2n) is 5.91. The van der Waals surface area contributed by atoms with Gasteiger partial charge >= 0.3 is 0 Å². The van der Waals surface area contributed by atoms with Crippen molar-refractivity contribution in [1.29, 1.82) is 0 Å². The van der Waals surface area contributed by atoms with Crippen LogP contribution in [-0.2, 0) is 4.79 Å². The summed E-state index contributed by atoms with van der Waals surface area (Å²) in [6.07, 6.45) is 4.55. The van der Waals surface area contributed by atoms with Gasteiger partial charge in [0.15, 0.2) is 0 Å². The van der Waals surface area contributed by atoms with Crippen molar-refractivity contribution in [2.45, 2.75) is 37.6 Å². The molecular weight excluding hydrogens is 272 g/mol. The lowest BCUT2D eigenvalue weighted by Crippen LogP contribution is -2.35. The molecule has 1 aromatic rings. The minimum atomic E-state index is 0. The maximum absolute atomic E-state index is 12.4. The Hall–Kier alpha value is -1.06. The highest BCUT2D eigenvalue weighted by Crippen LogP contribution is 2.31. The molecule has 0 unspecified atom stereocenters. The fourth-order valence-corrected chi connectivity index (χ4v) is 3.49. The van der Waals surface area contributed by atoms with E-state index in [1.54, 1.807) is 0 Å². The van der Waals surface area contributed by atoms with Crippen LogP contribution in [0, 0.1) is 5.92 Å². The van der Waals surface area contributed by atoms with Crippen molar-refractivity contribution < 1.29 is 4.79 Å². The molecule has 2 aliphatic rings. The summed E-state index contributed by atoms with van der Waals surface area (Å²) in [6, 6.07) is 10.4. The molecule has 1 amide bonds. The molecule has 20 heavy (non-hydrogen) atoms. The molecule has 2 fully saturated rings. The highest BCUT2D eigenvalue weighted by atomic mass is 35.5. The number of hydrogen-bond donors (Lipinski definition) is 1. The monoisotopic (exact) mass is 294 g/mol. The van der Waals surface area contributed by atoms with Gasteiger partial charge in [0, 0.05) is 31.0 Å². The van der Waals surface area contributed by atoms with Gasteiger partial charge in [0.05, 0.1) is 0 Å². The van der Waals surface area contributed by atoms with Crippen molar-refractivity contribution in [2.75, 3.05) is 13.1 Å². The molecule has 3 rings (SSSR count). The Kier molecular flexibility index (Phi) is 5.06. The minimum absolute atomic E-state index is 0. The molecule has 1 aliphatic heterocycles. The summed E-state index contributed by atoms with van der Waals surface area (Å²) < 4.78 is 0. The number of nitrogens with zero attached hydrogens (tertiary/aromatic N) is 1. The van der Waals surface area contributed by atoms with E-state index in [9.17, 15) is 4.79 Å². The molecule has 0 bridgehead atoms. The first-order chi connectivity index (χ1) is 9.25. The van der Waals surface area contributed by atoms with E-state index >= 15 is 0 Å². The van der Waals surface area contributed by atoms with Crippen molar-refractivity contribution in [1.82, 2.24) is 4.90 Å². The van der Waals surface area contributed by atoms with Crippen LogP contribution >= 0.6 is 12.4 Å². The average Bonchev–Trinajstić information content (AvgIpc) is 3.08. The summed E-state index contributed by atoms with van der Waals surface area (Å²) >= 11 is 0. The van der Waals surface area contributed by atoms with Crippen molar-refractivity contribution in [2.24, 2.45) is 11.7 Å². The first-order valence-electron chi connectivity index (χ1n) is 7.35. The average molecular weight is 295 g/mol. The number of carbonyl (C=O) groups excluding carboxylic acids is 1. The lowest BCUT2D eigenvalue weighted by Gasteiger charge is -2.20. The summed E-state index contributed by atoms with van der Waals surface area (Å²) in [5.41, 5.74) is 7.50. The summed E-state index contributed by atoms with van der Waals surface area (Å²) in [4.78, 5) is 14.4. The van der Waals surface area contributed by atoms with Gasteiger partial charge in [0.2, 0.25) is 5.91 Å². The fourth-order valence-electron chi connectivity index (χ4n) is 3.49. The number of rotatable bonds is 2. The van der Waals surface area contributed by atoms with Gasteiger partial charge in [0.25, 0.3) is 0 Å². The standard InChI is InChI=1S/C16H22N2O.ClH/c17-15-11-18(16(19)13-8-4-5-9-13)10-14(15)12-6-2-1-3-7-12;/h1-3,6-7,13-15H,4-5,8-11,17H2;1H/t14-,15+;/m0./s1. The highest BCUT2D eigenvalue weighted by molar-refractivity contribution is 5.85. The van der Waals surface area contributed by atoms with Crippen LogP contribution in [0.5, 0.6) is 0 Å². The molecule has 1 heterocycles. The Bertz CT molecular complexity index is 445. The highest BCUT2D eigenvalue weighted by Gasteiger charge is 2.36. The zero-order valence-electron chi connectivity index (χ0n) is 11.7. The number of hydrogen-bond acceptors (Lipinski definition) is 2. The normalized spacial score (nSPS) is 26.6. The number of likely N-dealkylation sites (tertiary alicyclic amines) is 1. The molecule has 1 saturated heterocycles. The van der Waals surface area contributed by atoms with Crippen LogP contribution in [0.4, 0.5) is 0 Å². The molecule has 0 spiro atoms. The molecule has 1 aliphatic carbocycles. The number of benzene rings is 1. The SMILES string of the molecule is Cl.N[C@@H]1CN(C(=O)C2CCCC2)C[C@H]1c1ccccc1. The molecule has 4 heteroatoms. The molecule has 1 aromatic carbocycles. The summed E-state index contributed by atoms with van der Waals surface area (Å²) in [7, 11) is 0. The van der Waals surface area contributed by atoms with Gasteiger partial charge in [0.1, 0.15) is 0 Å². The van der Waals surface area contributed by atoms with Crippen molar-refractivity contribution in [3.63, 3.8) is 0 Å². The van der Waals surface area contributed by atoms with Gasteiger partial charge < -0.3 is 10.6 Å². The Morgan fingerprint density at radius 3 is 2.40 bits per heavy atom. The third kappa shape index (κ3) is 2.99. The quantitative estimate of drug-likeness (QED) is 0.911. The zero-order chi connectivity index (χ0) is 13.2. The maximum Gasteiger partial charge on any atom is 0.225 e. The lowest BCUT2D eigenvalue weighted by molar-refractivity contribution is -0.134. The van der Waals surface area contributed by atoms with Crippen LogP contribution in [-0.4, -0.2) is 29.9 Å². The molecule has 0 radical (unpaired) electrons. The van der Waals surface area contributed by atoms with Crippen molar-refractivity contribution in [3.05, 3.63) is 35.9 Å².